The Morgan fingerprint density at radius 3 is 2.35 bits per heavy atom. The van der Waals surface area contributed by atoms with Crippen LogP contribution in [0.5, 0.6) is 17.2 Å². The lowest BCUT2D eigenvalue weighted by Crippen LogP contribution is -2.30. The predicted molar refractivity (Wildman–Crippen MR) is 95.4 cm³/mol. The summed E-state index contributed by atoms with van der Waals surface area (Å²) >= 11 is 0. The molecule has 0 saturated carbocycles. The Balaban J connectivity index is 1.88. The molecule has 1 aromatic carbocycles. The molecular weight excluding hydrogens is 338 g/mol. The van der Waals surface area contributed by atoms with Crippen LogP contribution in [0, 0.1) is 5.92 Å². The molecule has 7 nitrogen and oxygen atoms in total. The van der Waals surface area contributed by atoms with E-state index in [0.717, 1.165) is 18.4 Å². The molecule has 1 aromatic rings. The summed E-state index contributed by atoms with van der Waals surface area (Å²) in [5.74, 6) is 0.784. The van der Waals surface area contributed by atoms with Gasteiger partial charge in [-0.2, -0.15) is 0 Å². The second-order valence-electron chi connectivity index (χ2n) is 5.88. The van der Waals surface area contributed by atoms with E-state index in [1.165, 1.54) is 21.3 Å². The first-order valence-electron chi connectivity index (χ1n) is 8.46. The van der Waals surface area contributed by atoms with Crippen LogP contribution in [-0.2, 0) is 20.9 Å². The van der Waals surface area contributed by atoms with Crippen molar-refractivity contribution in [3.8, 4) is 17.2 Å². The molecule has 142 valence electrons. The maximum absolute atomic E-state index is 12.0. The molecule has 7 heteroatoms. The molecule has 2 rings (SSSR count). The van der Waals surface area contributed by atoms with Crippen LogP contribution in [-0.4, -0.2) is 39.8 Å². The first-order valence-corrected chi connectivity index (χ1v) is 8.46. The van der Waals surface area contributed by atoms with E-state index in [0.29, 0.717) is 23.7 Å². The van der Waals surface area contributed by atoms with Gasteiger partial charge in [-0.1, -0.05) is 12.2 Å². The monoisotopic (exact) mass is 363 g/mol. The van der Waals surface area contributed by atoms with Crippen LogP contribution >= 0.6 is 0 Å². The van der Waals surface area contributed by atoms with E-state index in [1.54, 1.807) is 12.1 Å². The van der Waals surface area contributed by atoms with Gasteiger partial charge in [0.05, 0.1) is 27.2 Å². The number of allylic oxidation sites excluding steroid dienone is 2. The fraction of sp³-hybridized carbons (Fsp3) is 0.474. The van der Waals surface area contributed by atoms with Crippen LogP contribution in [0.15, 0.2) is 24.3 Å². The Morgan fingerprint density at radius 2 is 1.73 bits per heavy atom. The number of hydrogen-bond acceptors (Lipinski definition) is 6. The molecule has 0 fully saturated rings. The van der Waals surface area contributed by atoms with Crippen LogP contribution in [0.4, 0.5) is 0 Å². The Hall–Kier alpha value is -2.70. The van der Waals surface area contributed by atoms with Gasteiger partial charge < -0.3 is 24.3 Å². The lowest BCUT2D eigenvalue weighted by Gasteiger charge is -2.17. The van der Waals surface area contributed by atoms with Gasteiger partial charge in [-0.05, 0) is 25.3 Å². The van der Waals surface area contributed by atoms with Gasteiger partial charge in [-0.15, -0.1) is 0 Å². The zero-order valence-electron chi connectivity index (χ0n) is 15.4. The van der Waals surface area contributed by atoms with E-state index < -0.39 is 0 Å². The van der Waals surface area contributed by atoms with Crippen molar-refractivity contribution < 1.29 is 28.5 Å². The number of hydrogen-bond donors (Lipinski definition) is 1. The summed E-state index contributed by atoms with van der Waals surface area (Å²) in [6.07, 6.45) is 6.32. The standard InChI is InChI=1S/C19H25NO6/c1-23-15-10-17(25-3)16(24-2)9-14(15)11-20-18(21)12-26-19(22)13-7-5-4-6-8-13/h4-5,9-10,13H,6-8,11-12H2,1-3H3,(H,20,21). The molecule has 0 aromatic heterocycles. The molecular formula is C19H25NO6. The summed E-state index contributed by atoms with van der Waals surface area (Å²) in [7, 11) is 4.61. The first kappa shape index (κ1) is 19.6. The number of methoxy groups -OCH3 is 3. The van der Waals surface area contributed by atoms with Crippen molar-refractivity contribution in [3.63, 3.8) is 0 Å². The highest BCUT2D eigenvalue weighted by atomic mass is 16.5. The smallest absolute Gasteiger partial charge is 0.309 e. The maximum atomic E-state index is 12.0. The van der Waals surface area contributed by atoms with Crippen LogP contribution in [0.3, 0.4) is 0 Å². The second-order valence-corrected chi connectivity index (χ2v) is 5.88. The van der Waals surface area contributed by atoms with E-state index in [9.17, 15) is 9.59 Å². The molecule has 26 heavy (non-hydrogen) atoms. The lowest BCUT2D eigenvalue weighted by molar-refractivity contribution is -0.152. The Morgan fingerprint density at radius 1 is 1.04 bits per heavy atom. The molecule has 0 saturated heterocycles. The van der Waals surface area contributed by atoms with Gasteiger partial charge in [0.1, 0.15) is 5.75 Å². The summed E-state index contributed by atoms with van der Waals surface area (Å²) in [6.45, 7) is -0.0826. The topological polar surface area (TPSA) is 83.1 Å². The van der Waals surface area contributed by atoms with Gasteiger partial charge in [0, 0.05) is 18.2 Å². The van der Waals surface area contributed by atoms with Gasteiger partial charge >= 0.3 is 5.97 Å². The highest BCUT2D eigenvalue weighted by Crippen LogP contribution is 2.34. The third-order valence-corrected chi connectivity index (χ3v) is 4.21. The molecule has 0 heterocycles. The van der Waals surface area contributed by atoms with Gasteiger partial charge in [0.15, 0.2) is 18.1 Å². The molecule has 1 aliphatic rings. The second kappa shape index (κ2) is 9.70. The van der Waals surface area contributed by atoms with Crippen LogP contribution < -0.4 is 19.5 Å². The fourth-order valence-corrected chi connectivity index (χ4v) is 2.74. The van der Waals surface area contributed by atoms with E-state index in [1.807, 2.05) is 12.2 Å². The zero-order valence-corrected chi connectivity index (χ0v) is 15.4. The summed E-state index contributed by atoms with van der Waals surface area (Å²) < 4.78 is 20.9. The largest absolute Gasteiger partial charge is 0.496 e. The quantitative estimate of drug-likeness (QED) is 0.563. The first-order chi connectivity index (χ1) is 12.6. The molecule has 0 radical (unpaired) electrons. The van der Waals surface area contributed by atoms with Gasteiger partial charge in [-0.25, -0.2) is 0 Å². The minimum absolute atomic E-state index is 0.154. The number of carbonyl (C=O) groups excluding carboxylic acids is 2. The van der Waals surface area contributed by atoms with Crippen molar-refractivity contribution in [1.29, 1.82) is 0 Å². The van der Waals surface area contributed by atoms with Gasteiger partial charge in [0.2, 0.25) is 0 Å². The third kappa shape index (κ3) is 5.15. The molecule has 0 aliphatic heterocycles. The SMILES string of the molecule is COc1cc(OC)c(OC)cc1CNC(=O)COC(=O)C1CC=CCC1. The summed E-state index contributed by atoms with van der Waals surface area (Å²) in [5.41, 5.74) is 0.724. The van der Waals surface area contributed by atoms with Crippen LogP contribution in [0.25, 0.3) is 0 Å². The third-order valence-electron chi connectivity index (χ3n) is 4.21. The maximum Gasteiger partial charge on any atom is 0.309 e. The zero-order chi connectivity index (χ0) is 18.9. The van der Waals surface area contributed by atoms with Crippen molar-refractivity contribution in [2.24, 2.45) is 5.92 Å². The van der Waals surface area contributed by atoms with E-state index in [4.69, 9.17) is 18.9 Å². The molecule has 0 bridgehead atoms. The van der Waals surface area contributed by atoms with Gasteiger partial charge in [0.25, 0.3) is 5.91 Å². The molecule has 1 aliphatic carbocycles. The molecule has 0 spiro atoms. The van der Waals surface area contributed by atoms with Crippen molar-refractivity contribution in [2.75, 3.05) is 27.9 Å². The normalized spacial score (nSPS) is 15.9. The number of carbonyl (C=O) groups is 2. The van der Waals surface area contributed by atoms with E-state index in [-0.39, 0.29) is 30.9 Å². The number of rotatable bonds is 8. The molecule has 1 N–H and O–H groups in total. The number of nitrogens with one attached hydrogen (secondary N) is 1. The van der Waals surface area contributed by atoms with Crippen molar-refractivity contribution in [3.05, 3.63) is 29.8 Å². The van der Waals surface area contributed by atoms with Crippen molar-refractivity contribution >= 4 is 11.9 Å². The highest BCUT2D eigenvalue weighted by molar-refractivity contribution is 5.81. The van der Waals surface area contributed by atoms with Crippen LogP contribution in [0.1, 0.15) is 24.8 Å². The average molecular weight is 363 g/mol. The number of esters is 1. The molecule has 1 amide bonds. The Labute approximate surface area is 153 Å². The number of amides is 1. The van der Waals surface area contributed by atoms with Crippen molar-refractivity contribution in [2.45, 2.75) is 25.8 Å². The van der Waals surface area contributed by atoms with Gasteiger partial charge in [-0.3, -0.25) is 9.59 Å². The minimum atomic E-state index is -0.374. The fourth-order valence-electron chi connectivity index (χ4n) is 2.74. The Kier molecular flexibility index (Phi) is 7.32. The van der Waals surface area contributed by atoms with Crippen LogP contribution in [0.2, 0.25) is 0 Å². The highest BCUT2D eigenvalue weighted by Gasteiger charge is 2.21. The van der Waals surface area contributed by atoms with E-state index >= 15 is 0 Å². The van der Waals surface area contributed by atoms with E-state index in [2.05, 4.69) is 5.32 Å². The predicted octanol–water partition coefficient (Wildman–Crippen LogP) is 2.23. The Bertz CT molecular complexity index is 670. The number of ether oxygens (including phenoxy) is 4. The molecule has 1 atom stereocenters. The summed E-state index contributed by atoms with van der Waals surface area (Å²) in [4.78, 5) is 23.9. The summed E-state index contributed by atoms with van der Waals surface area (Å²) in [5, 5.41) is 2.71. The number of benzene rings is 1. The lowest BCUT2D eigenvalue weighted by atomic mass is 9.95. The minimum Gasteiger partial charge on any atom is -0.496 e. The average Bonchev–Trinajstić information content (AvgIpc) is 2.70. The van der Waals surface area contributed by atoms with Crippen molar-refractivity contribution in [1.82, 2.24) is 5.32 Å². The summed E-state index contributed by atoms with van der Waals surface area (Å²) in [6, 6.07) is 3.43. The molecule has 1 unspecified atom stereocenters.